The molecule has 1 aromatic rings. The van der Waals surface area contributed by atoms with Crippen LogP contribution in [0.15, 0.2) is 12.7 Å². The third kappa shape index (κ3) is 4.68. The third-order valence-electron chi connectivity index (χ3n) is 3.95. The number of carbonyl (C=O) groups is 1. The van der Waals surface area contributed by atoms with Gasteiger partial charge in [0.2, 0.25) is 21.9 Å². The zero-order valence-electron chi connectivity index (χ0n) is 13.6. The van der Waals surface area contributed by atoms with Gasteiger partial charge in [-0.05, 0) is 46.5 Å². The van der Waals surface area contributed by atoms with Gasteiger partial charge in [0.05, 0.1) is 4.75 Å². The van der Waals surface area contributed by atoms with E-state index in [4.69, 9.17) is 0 Å². The second-order valence-corrected chi connectivity index (χ2v) is 9.20. The molecule has 1 heterocycles. The number of hydrogen-bond donors (Lipinski definition) is 2. The van der Waals surface area contributed by atoms with Gasteiger partial charge in [-0.2, -0.15) is 0 Å². The van der Waals surface area contributed by atoms with E-state index >= 15 is 0 Å². The number of nitrogens with zero attached hydrogens (tertiary/aromatic N) is 3. The maximum Gasteiger partial charge on any atom is 0.232 e. The van der Waals surface area contributed by atoms with Crippen molar-refractivity contribution in [3.05, 3.63) is 12.7 Å². The summed E-state index contributed by atoms with van der Waals surface area (Å²) < 4.78 is 26.2. The monoisotopic (exact) mass is 341 g/mol. The summed E-state index contributed by atoms with van der Waals surface area (Å²) in [5.41, 5.74) is 0. The van der Waals surface area contributed by atoms with Gasteiger partial charge in [-0.3, -0.25) is 10.1 Å². The molecule has 0 spiro atoms. The molecule has 8 nitrogen and oxygen atoms in total. The fourth-order valence-electron chi connectivity index (χ4n) is 2.39. The van der Waals surface area contributed by atoms with Gasteiger partial charge in [0.25, 0.3) is 0 Å². The summed E-state index contributed by atoms with van der Waals surface area (Å²) in [6.07, 6.45) is 5.19. The van der Waals surface area contributed by atoms with Crippen LogP contribution in [-0.4, -0.2) is 40.1 Å². The van der Waals surface area contributed by atoms with Crippen molar-refractivity contribution in [1.29, 1.82) is 0 Å². The Balaban J connectivity index is 1.85. The highest BCUT2D eigenvalue weighted by Crippen LogP contribution is 2.27. The summed E-state index contributed by atoms with van der Waals surface area (Å²) >= 11 is 0. The molecule has 0 aromatic carbocycles. The lowest BCUT2D eigenvalue weighted by molar-refractivity contribution is -0.120. The average molecular weight is 341 g/mol. The van der Waals surface area contributed by atoms with Crippen molar-refractivity contribution in [2.24, 2.45) is 5.92 Å². The normalized spacial score (nSPS) is 22.6. The first-order valence-corrected chi connectivity index (χ1v) is 9.12. The lowest BCUT2D eigenvalue weighted by Gasteiger charge is -2.30. The Bertz CT molecular complexity index is 634. The van der Waals surface area contributed by atoms with Gasteiger partial charge in [0.1, 0.15) is 12.7 Å². The predicted octanol–water partition coefficient (Wildman–Crippen LogP) is 1.09. The van der Waals surface area contributed by atoms with Crippen molar-refractivity contribution in [2.75, 3.05) is 5.32 Å². The van der Waals surface area contributed by atoms with Crippen LogP contribution in [0.3, 0.4) is 0 Å². The quantitative estimate of drug-likeness (QED) is 0.847. The molecule has 9 heteroatoms. The molecular weight excluding hydrogens is 318 g/mol. The van der Waals surface area contributed by atoms with E-state index in [1.54, 1.807) is 20.8 Å². The highest BCUT2D eigenvalue weighted by atomic mass is 32.2. The standard InChI is InChI=1S/C14H23N5O3S/c1-14(2,3)23(21,22)19-11-6-4-10(5-7-11)12(20)18-13-16-8-15-9-17-13/h8-11,19H,4-7H2,1-3H3,(H,15,16,17,18,20). The molecule has 1 aromatic heterocycles. The van der Waals surface area contributed by atoms with Gasteiger partial charge >= 0.3 is 0 Å². The van der Waals surface area contributed by atoms with Crippen LogP contribution in [-0.2, 0) is 14.8 Å². The van der Waals surface area contributed by atoms with Crippen molar-refractivity contribution >= 4 is 21.9 Å². The fraction of sp³-hybridized carbons (Fsp3) is 0.714. The van der Waals surface area contributed by atoms with Crippen LogP contribution in [0, 0.1) is 5.92 Å². The highest BCUT2D eigenvalue weighted by Gasteiger charge is 2.34. The molecule has 2 N–H and O–H groups in total. The number of carbonyl (C=O) groups excluding carboxylic acids is 1. The molecular formula is C14H23N5O3S. The zero-order valence-corrected chi connectivity index (χ0v) is 14.4. The minimum Gasteiger partial charge on any atom is -0.294 e. The summed E-state index contributed by atoms with van der Waals surface area (Å²) in [6.45, 7) is 5.01. The molecule has 0 bridgehead atoms. The lowest BCUT2D eigenvalue weighted by Crippen LogP contribution is -2.46. The largest absolute Gasteiger partial charge is 0.294 e. The first kappa shape index (κ1) is 17.7. The van der Waals surface area contributed by atoms with Crippen molar-refractivity contribution in [1.82, 2.24) is 19.7 Å². The van der Waals surface area contributed by atoms with Crippen molar-refractivity contribution < 1.29 is 13.2 Å². The van der Waals surface area contributed by atoms with E-state index in [0.717, 1.165) is 0 Å². The Morgan fingerprint density at radius 1 is 1.13 bits per heavy atom. The summed E-state index contributed by atoms with van der Waals surface area (Å²) in [5.74, 6) is -0.0453. The molecule has 128 valence electrons. The van der Waals surface area contributed by atoms with Crippen LogP contribution in [0.5, 0.6) is 0 Å². The van der Waals surface area contributed by atoms with E-state index < -0.39 is 14.8 Å². The smallest absolute Gasteiger partial charge is 0.232 e. The SMILES string of the molecule is CC(C)(C)S(=O)(=O)NC1CCC(C(=O)Nc2ncncn2)CC1. The van der Waals surface area contributed by atoms with Gasteiger partial charge < -0.3 is 0 Å². The molecule has 0 radical (unpaired) electrons. The Labute approximate surface area is 136 Å². The number of amides is 1. The average Bonchev–Trinajstić information content (AvgIpc) is 2.47. The van der Waals surface area contributed by atoms with Crippen LogP contribution >= 0.6 is 0 Å². The molecule has 1 saturated carbocycles. The van der Waals surface area contributed by atoms with Crippen molar-refractivity contribution in [2.45, 2.75) is 57.2 Å². The number of aromatic nitrogens is 3. The lowest BCUT2D eigenvalue weighted by atomic mass is 9.86. The van der Waals surface area contributed by atoms with E-state index in [1.165, 1.54) is 12.7 Å². The minimum atomic E-state index is -3.36. The second kappa shape index (κ2) is 6.88. The molecule has 0 aliphatic heterocycles. The van der Waals surface area contributed by atoms with Crippen LogP contribution in [0.1, 0.15) is 46.5 Å². The molecule has 0 atom stereocenters. The van der Waals surface area contributed by atoms with Gasteiger partial charge in [-0.1, -0.05) is 0 Å². The Kier molecular flexibility index (Phi) is 5.30. The molecule has 23 heavy (non-hydrogen) atoms. The first-order chi connectivity index (χ1) is 10.7. The van der Waals surface area contributed by atoms with Crippen LogP contribution in [0.25, 0.3) is 0 Å². The number of hydrogen-bond acceptors (Lipinski definition) is 6. The summed E-state index contributed by atoms with van der Waals surface area (Å²) in [7, 11) is -3.36. The zero-order chi connectivity index (χ0) is 17.1. The molecule has 1 aliphatic carbocycles. The summed E-state index contributed by atoms with van der Waals surface area (Å²) in [4.78, 5) is 23.6. The van der Waals surface area contributed by atoms with Gasteiger partial charge in [0.15, 0.2) is 0 Å². The van der Waals surface area contributed by atoms with Gasteiger partial charge in [-0.15, -0.1) is 0 Å². The maximum absolute atomic E-state index is 12.2. The van der Waals surface area contributed by atoms with Crippen LogP contribution < -0.4 is 10.0 Å². The molecule has 1 amide bonds. The second-order valence-electron chi connectivity index (χ2n) is 6.73. The van der Waals surface area contributed by atoms with Gasteiger partial charge in [0, 0.05) is 12.0 Å². The number of rotatable bonds is 4. The molecule has 0 unspecified atom stereocenters. The van der Waals surface area contributed by atoms with Crippen molar-refractivity contribution in [3.8, 4) is 0 Å². The fourth-order valence-corrected chi connectivity index (χ4v) is 3.41. The summed E-state index contributed by atoms with van der Waals surface area (Å²) in [6, 6.07) is -0.111. The van der Waals surface area contributed by atoms with Crippen LogP contribution in [0.4, 0.5) is 5.95 Å². The highest BCUT2D eigenvalue weighted by molar-refractivity contribution is 7.90. The van der Waals surface area contributed by atoms with Crippen molar-refractivity contribution in [3.63, 3.8) is 0 Å². The third-order valence-corrected chi connectivity index (χ3v) is 6.21. The topological polar surface area (TPSA) is 114 Å². The van der Waals surface area contributed by atoms with Crippen LogP contribution in [0.2, 0.25) is 0 Å². The number of nitrogens with one attached hydrogen (secondary N) is 2. The Morgan fingerprint density at radius 3 is 2.22 bits per heavy atom. The molecule has 0 saturated heterocycles. The first-order valence-electron chi connectivity index (χ1n) is 7.64. The maximum atomic E-state index is 12.2. The number of anilines is 1. The Morgan fingerprint density at radius 2 is 1.70 bits per heavy atom. The van der Waals surface area contributed by atoms with E-state index in [2.05, 4.69) is 25.0 Å². The van der Waals surface area contributed by atoms with Gasteiger partial charge in [-0.25, -0.2) is 28.1 Å². The summed E-state index contributed by atoms with van der Waals surface area (Å²) in [5, 5.41) is 2.66. The number of sulfonamides is 1. The Hall–Kier alpha value is -1.61. The molecule has 1 aliphatic rings. The predicted molar refractivity (Wildman–Crippen MR) is 86.0 cm³/mol. The molecule has 1 fully saturated rings. The van der Waals surface area contributed by atoms with E-state index in [-0.39, 0.29) is 23.8 Å². The molecule has 2 rings (SSSR count). The minimum absolute atomic E-state index is 0.111. The van der Waals surface area contributed by atoms with E-state index in [1.807, 2.05) is 0 Å². The van der Waals surface area contributed by atoms with E-state index in [0.29, 0.717) is 25.7 Å². The van der Waals surface area contributed by atoms with E-state index in [9.17, 15) is 13.2 Å².